The fourth-order valence-corrected chi connectivity index (χ4v) is 4.46. The summed E-state index contributed by atoms with van der Waals surface area (Å²) in [5.74, 6) is 0. The fourth-order valence-electron chi connectivity index (χ4n) is 1.87. The first-order valence-electron chi connectivity index (χ1n) is 5.32. The third kappa shape index (κ3) is 1.43. The van der Waals surface area contributed by atoms with E-state index in [4.69, 9.17) is 0 Å². The number of rotatable bonds is 3. The van der Waals surface area contributed by atoms with Gasteiger partial charge in [-0.05, 0) is 24.7 Å². The van der Waals surface area contributed by atoms with Crippen molar-refractivity contribution >= 4 is 8.56 Å². The summed E-state index contributed by atoms with van der Waals surface area (Å²) in [4.78, 5) is 0. The first kappa shape index (κ1) is 10.0. The van der Waals surface area contributed by atoms with Gasteiger partial charge in [0.2, 0.25) is 0 Å². The van der Waals surface area contributed by atoms with E-state index in [0.29, 0.717) is 0 Å². The normalized spacial score (nSPS) is 11.8. The Balaban J connectivity index is 2.21. The summed E-state index contributed by atoms with van der Waals surface area (Å²) in [6.45, 7) is 2.14. The van der Waals surface area contributed by atoms with Crippen molar-refractivity contribution in [3.05, 3.63) is 55.4 Å². The average Bonchev–Trinajstić information content (AvgIpc) is 3.10. The second kappa shape index (κ2) is 3.70. The van der Waals surface area contributed by atoms with Crippen molar-refractivity contribution in [1.82, 2.24) is 28.3 Å². The minimum absolute atomic E-state index is 1.78. The van der Waals surface area contributed by atoms with E-state index in [2.05, 4.69) is 21.8 Å². The molecule has 86 valence electrons. The Kier molecular flexibility index (Phi) is 2.18. The van der Waals surface area contributed by atoms with Gasteiger partial charge in [-0.25, -0.2) is 0 Å². The highest BCUT2D eigenvalue weighted by molar-refractivity contribution is 6.73. The third-order valence-corrected chi connectivity index (χ3v) is 6.21. The van der Waals surface area contributed by atoms with Crippen LogP contribution in [0.4, 0.5) is 0 Å². The number of hydrogen-bond donors (Lipinski definition) is 0. The smallest absolute Gasteiger partial charge is 0.258 e. The highest BCUT2D eigenvalue weighted by Gasteiger charge is 2.38. The van der Waals surface area contributed by atoms with Crippen LogP contribution < -0.4 is 0 Å². The van der Waals surface area contributed by atoms with Crippen LogP contribution >= 0.6 is 0 Å². The predicted molar refractivity (Wildman–Crippen MR) is 64.5 cm³/mol. The van der Waals surface area contributed by atoms with Gasteiger partial charge in [0.25, 0.3) is 0 Å². The van der Waals surface area contributed by atoms with Gasteiger partial charge in [-0.15, -0.1) is 0 Å². The molecule has 0 aliphatic rings. The molecule has 0 fully saturated rings. The van der Waals surface area contributed by atoms with E-state index in [1.165, 1.54) is 0 Å². The number of nitrogens with zero attached hydrogens (tertiary/aromatic N) is 6. The molecular weight excluding hydrogens is 232 g/mol. The molecule has 0 radical (unpaired) electrons. The summed E-state index contributed by atoms with van der Waals surface area (Å²) < 4.78 is 5.85. The molecule has 3 heterocycles. The molecule has 0 atom stereocenters. The van der Waals surface area contributed by atoms with Crippen LogP contribution in [0.2, 0.25) is 6.55 Å². The van der Waals surface area contributed by atoms with E-state index in [1.54, 1.807) is 18.6 Å². The monoisotopic (exact) mass is 244 g/mol. The van der Waals surface area contributed by atoms with Gasteiger partial charge in [0.1, 0.15) is 0 Å². The quantitative estimate of drug-likeness (QED) is 0.640. The first-order chi connectivity index (χ1) is 8.32. The lowest BCUT2D eigenvalue weighted by Gasteiger charge is -2.26. The second-order valence-corrected chi connectivity index (χ2v) is 7.14. The maximum Gasteiger partial charge on any atom is 0.438 e. The van der Waals surface area contributed by atoms with Crippen molar-refractivity contribution < 1.29 is 0 Å². The minimum Gasteiger partial charge on any atom is -0.258 e. The van der Waals surface area contributed by atoms with Gasteiger partial charge in [0, 0.05) is 37.2 Å². The third-order valence-electron chi connectivity index (χ3n) is 2.82. The Labute approximate surface area is 99.4 Å². The molecule has 3 rings (SSSR count). The Bertz CT molecular complexity index is 484. The predicted octanol–water partition coefficient (Wildman–Crippen LogP) is 0.789. The summed E-state index contributed by atoms with van der Waals surface area (Å²) in [6.07, 6.45) is 11.2. The zero-order chi connectivity index (χ0) is 11.7. The van der Waals surface area contributed by atoms with Crippen molar-refractivity contribution in [2.45, 2.75) is 6.55 Å². The first-order valence-corrected chi connectivity index (χ1v) is 7.66. The lowest BCUT2D eigenvalue weighted by Crippen LogP contribution is -2.56. The van der Waals surface area contributed by atoms with Crippen LogP contribution in [0.5, 0.6) is 0 Å². The van der Waals surface area contributed by atoms with Crippen LogP contribution in [0.1, 0.15) is 0 Å². The molecule has 0 unspecified atom stereocenters. The van der Waals surface area contributed by atoms with Gasteiger partial charge in [-0.1, -0.05) is 0 Å². The van der Waals surface area contributed by atoms with Crippen molar-refractivity contribution in [3.63, 3.8) is 0 Å². The lowest BCUT2D eigenvalue weighted by molar-refractivity contribution is 0.732. The largest absolute Gasteiger partial charge is 0.438 e. The summed E-state index contributed by atoms with van der Waals surface area (Å²) >= 11 is 0. The van der Waals surface area contributed by atoms with E-state index in [9.17, 15) is 0 Å². The molecular formula is C10H12N6Si. The maximum absolute atomic E-state index is 4.36. The van der Waals surface area contributed by atoms with Crippen molar-refractivity contribution in [2.75, 3.05) is 0 Å². The van der Waals surface area contributed by atoms with Crippen molar-refractivity contribution in [3.8, 4) is 0 Å². The van der Waals surface area contributed by atoms with Gasteiger partial charge < -0.3 is 0 Å². The minimum atomic E-state index is -2.30. The second-order valence-electron chi connectivity index (χ2n) is 3.82. The Morgan fingerprint density at radius 3 is 1.29 bits per heavy atom. The van der Waals surface area contributed by atoms with E-state index in [1.807, 2.05) is 49.8 Å². The molecule has 0 spiro atoms. The molecule has 0 aromatic carbocycles. The molecule has 0 saturated heterocycles. The molecule has 17 heavy (non-hydrogen) atoms. The molecule has 7 heteroatoms. The summed E-state index contributed by atoms with van der Waals surface area (Å²) in [6, 6.07) is 5.74. The molecule has 3 aromatic heterocycles. The SMILES string of the molecule is C[Si](n1cccn1)(n1cccn1)n1cccn1. The van der Waals surface area contributed by atoms with Crippen LogP contribution in [0.3, 0.4) is 0 Å². The molecule has 0 bridgehead atoms. The van der Waals surface area contributed by atoms with Gasteiger partial charge in [0.15, 0.2) is 0 Å². The van der Waals surface area contributed by atoms with Crippen LogP contribution in [0, 0.1) is 0 Å². The maximum atomic E-state index is 4.36. The Morgan fingerprint density at radius 2 is 1.06 bits per heavy atom. The van der Waals surface area contributed by atoms with E-state index in [-0.39, 0.29) is 0 Å². The highest BCUT2D eigenvalue weighted by Crippen LogP contribution is 2.10. The number of aromatic nitrogens is 6. The standard InChI is InChI=1S/C10H12N6Si/c1-17(14-8-2-5-11-14,15-9-3-6-12-15)16-10-4-7-13-16/h2-10H,1H3. The van der Waals surface area contributed by atoms with Crippen molar-refractivity contribution in [1.29, 1.82) is 0 Å². The Morgan fingerprint density at radius 1 is 0.706 bits per heavy atom. The van der Waals surface area contributed by atoms with Crippen LogP contribution in [0.15, 0.2) is 55.4 Å². The van der Waals surface area contributed by atoms with Crippen LogP contribution in [-0.2, 0) is 0 Å². The van der Waals surface area contributed by atoms with Gasteiger partial charge >= 0.3 is 8.56 Å². The number of hydrogen-bond acceptors (Lipinski definition) is 3. The molecule has 0 amide bonds. The Hall–Kier alpha value is -2.15. The van der Waals surface area contributed by atoms with Crippen LogP contribution in [-0.4, -0.2) is 36.9 Å². The topological polar surface area (TPSA) is 53.5 Å². The zero-order valence-corrected chi connectivity index (χ0v) is 10.4. The molecule has 0 saturated carbocycles. The van der Waals surface area contributed by atoms with Crippen molar-refractivity contribution in [2.24, 2.45) is 0 Å². The van der Waals surface area contributed by atoms with E-state index >= 15 is 0 Å². The summed E-state index contributed by atoms with van der Waals surface area (Å²) in [5, 5.41) is 13.1. The lowest BCUT2D eigenvalue weighted by atomic mass is 10.8. The highest BCUT2D eigenvalue weighted by atomic mass is 28.4. The van der Waals surface area contributed by atoms with E-state index < -0.39 is 8.56 Å². The van der Waals surface area contributed by atoms with Gasteiger partial charge in [-0.3, -0.25) is 13.0 Å². The molecule has 6 nitrogen and oxygen atoms in total. The molecule has 0 aliphatic carbocycles. The van der Waals surface area contributed by atoms with Gasteiger partial charge in [-0.2, -0.15) is 15.3 Å². The van der Waals surface area contributed by atoms with Crippen LogP contribution in [0.25, 0.3) is 0 Å². The molecule has 0 N–H and O–H groups in total. The van der Waals surface area contributed by atoms with E-state index in [0.717, 1.165) is 0 Å². The zero-order valence-electron chi connectivity index (χ0n) is 9.38. The molecule has 3 aromatic rings. The summed E-state index contributed by atoms with van der Waals surface area (Å²) in [5.41, 5.74) is 0. The molecule has 0 aliphatic heterocycles. The van der Waals surface area contributed by atoms with Gasteiger partial charge in [0.05, 0.1) is 0 Å². The fraction of sp³-hybridized carbons (Fsp3) is 0.100. The summed E-state index contributed by atoms with van der Waals surface area (Å²) in [7, 11) is -2.30. The average molecular weight is 244 g/mol.